The lowest BCUT2D eigenvalue weighted by atomic mass is 10.00. The first kappa shape index (κ1) is 17.4. The van der Waals surface area contributed by atoms with Crippen LogP contribution in [0, 0.1) is 5.82 Å². The maximum Gasteiger partial charge on any atom is 0.220 e. The van der Waals surface area contributed by atoms with Gasteiger partial charge in [-0.25, -0.2) is 4.39 Å². The molecule has 1 atom stereocenters. The third-order valence-corrected chi connectivity index (χ3v) is 4.33. The van der Waals surface area contributed by atoms with E-state index in [1.54, 1.807) is 18.2 Å². The molecule has 25 heavy (non-hydrogen) atoms. The number of hydrogen-bond acceptors (Lipinski definition) is 3. The smallest absolute Gasteiger partial charge is 0.220 e. The topological polar surface area (TPSA) is 55.4 Å². The Hall–Kier alpha value is -2.40. The fourth-order valence-corrected chi connectivity index (χ4v) is 2.97. The van der Waals surface area contributed by atoms with Crippen LogP contribution >= 0.6 is 11.6 Å². The molecule has 1 N–H and O–H groups in total. The molecule has 130 valence electrons. The number of halogens is 2. The molecule has 0 aliphatic carbocycles. The number of carbonyl (C=O) groups excluding carboxylic acids is 2. The van der Waals surface area contributed by atoms with Gasteiger partial charge < -0.3 is 10.1 Å². The zero-order chi connectivity index (χ0) is 17.8. The van der Waals surface area contributed by atoms with Crippen LogP contribution in [0.5, 0.6) is 5.75 Å². The van der Waals surface area contributed by atoms with E-state index in [-0.39, 0.29) is 30.6 Å². The lowest BCUT2D eigenvalue weighted by molar-refractivity contribution is -0.122. The maximum absolute atomic E-state index is 12.9. The van der Waals surface area contributed by atoms with Crippen molar-refractivity contribution in [2.24, 2.45) is 0 Å². The molecule has 1 unspecified atom stereocenters. The number of amides is 1. The SMILES string of the molecule is O=C(CCC(=O)c1ccc(F)cc1)NC1CCOc2ccc(Cl)cc21. The predicted octanol–water partition coefficient (Wildman–Crippen LogP) is 4.08. The van der Waals surface area contributed by atoms with E-state index in [2.05, 4.69) is 5.32 Å². The molecule has 0 saturated carbocycles. The van der Waals surface area contributed by atoms with Gasteiger partial charge in [0.25, 0.3) is 0 Å². The van der Waals surface area contributed by atoms with Crippen molar-refractivity contribution in [3.8, 4) is 5.75 Å². The molecule has 0 aromatic heterocycles. The molecule has 2 aromatic carbocycles. The largest absolute Gasteiger partial charge is 0.493 e. The molecule has 0 spiro atoms. The second-order valence-electron chi connectivity index (χ2n) is 5.87. The molecule has 0 fully saturated rings. The summed E-state index contributed by atoms with van der Waals surface area (Å²) in [5.74, 6) is -0.0895. The van der Waals surface area contributed by atoms with Gasteiger partial charge in [0, 0.05) is 35.4 Å². The number of nitrogens with one attached hydrogen (secondary N) is 1. The molecular weight excluding hydrogens is 345 g/mol. The second kappa shape index (κ2) is 7.66. The molecule has 1 aliphatic heterocycles. The number of carbonyl (C=O) groups is 2. The highest BCUT2D eigenvalue weighted by Gasteiger charge is 2.23. The van der Waals surface area contributed by atoms with Gasteiger partial charge in [0.1, 0.15) is 11.6 Å². The predicted molar refractivity (Wildman–Crippen MR) is 92.4 cm³/mol. The van der Waals surface area contributed by atoms with E-state index >= 15 is 0 Å². The summed E-state index contributed by atoms with van der Waals surface area (Å²) < 4.78 is 18.4. The van der Waals surface area contributed by atoms with Gasteiger partial charge in [-0.2, -0.15) is 0 Å². The quantitative estimate of drug-likeness (QED) is 0.816. The molecule has 3 rings (SSSR count). The van der Waals surface area contributed by atoms with E-state index in [0.29, 0.717) is 29.4 Å². The third-order valence-electron chi connectivity index (χ3n) is 4.09. The normalized spacial score (nSPS) is 15.8. The first-order chi connectivity index (χ1) is 12.0. The van der Waals surface area contributed by atoms with Crippen molar-refractivity contribution in [3.63, 3.8) is 0 Å². The van der Waals surface area contributed by atoms with Gasteiger partial charge in [-0.05, 0) is 42.5 Å². The Labute approximate surface area is 149 Å². The summed E-state index contributed by atoms with van der Waals surface area (Å²) in [5, 5.41) is 3.51. The Morgan fingerprint density at radius 1 is 1.16 bits per heavy atom. The summed E-state index contributed by atoms with van der Waals surface area (Å²) in [5.41, 5.74) is 1.24. The monoisotopic (exact) mass is 361 g/mol. The van der Waals surface area contributed by atoms with Crippen molar-refractivity contribution >= 4 is 23.3 Å². The molecule has 2 aromatic rings. The first-order valence-electron chi connectivity index (χ1n) is 8.03. The lowest BCUT2D eigenvalue weighted by Gasteiger charge is -2.26. The van der Waals surface area contributed by atoms with Crippen molar-refractivity contribution in [3.05, 3.63) is 64.4 Å². The van der Waals surface area contributed by atoms with Gasteiger partial charge in [0.05, 0.1) is 12.6 Å². The van der Waals surface area contributed by atoms with Gasteiger partial charge in [-0.15, -0.1) is 0 Å². The van der Waals surface area contributed by atoms with Crippen molar-refractivity contribution < 1.29 is 18.7 Å². The fraction of sp³-hybridized carbons (Fsp3) is 0.263. The first-order valence-corrected chi connectivity index (χ1v) is 8.41. The van der Waals surface area contributed by atoms with Crippen LogP contribution in [0.4, 0.5) is 4.39 Å². The third kappa shape index (κ3) is 4.37. The maximum atomic E-state index is 12.9. The summed E-state index contributed by atoms with van der Waals surface area (Å²) in [6.45, 7) is 0.508. The number of hydrogen-bond donors (Lipinski definition) is 1. The zero-order valence-corrected chi connectivity index (χ0v) is 14.2. The van der Waals surface area contributed by atoms with Crippen LogP contribution in [0.25, 0.3) is 0 Å². The van der Waals surface area contributed by atoms with Crippen molar-refractivity contribution in [2.75, 3.05) is 6.61 Å². The standard InChI is InChI=1S/C19H17ClFNO3/c20-13-3-7-18-15(11-13)16(9-10-25-18)22-19(24)8-6-17(23)12-1-4-14(21)5-2-12/h1-5,7,11,16H,6,8-10H2,(H,22,24). The molecule has 1 aliphatic rings. The Kier molecular flexibility index (Phi) is 5.34. The molecule has 4 nitrogen and oxygen atoms in total. The van der Waals surface area contributed by atoms with Gasteiger partial charge >= 0.3 is 0 Å². The zero-order valence-electron chi connectivity index (χ0n) is 13.4. The van der Waals surface area contributed by atoms with Crippen LogP contribution in [0.2, 0.25) is 5.02 Å². The van der Waals surface area contributed by atoms with E-state index in [4.69, 9.17) is 16.3 Å². The summed E-state index contributed by atoms with van der Waals surface area (Å²) in [7, 11) is 0. The van der Waals surface area contributed by atoms with E-state index in [0.717, 1.165) is 5.56 Å². The van der Waals surface area contributed by atoms with Crippen molar-refractivity contribution in [2.45, 2.75) is 25.3 Å². The highest BCUT2D eigenvalue weighted by Crippen LogP contribution is 2.34. The van der Waals surface area contributed by atoms with Crippen LogP contribution in [0.15, 0.2) is 42.5 Å². The molecule has 1 amide bonds. The molecule has 6 heteroatoms. The highest BCUT2D eigenvalue weighted by molar-refractivity contribution is 6.30. The minimum absolute atomic E-state index is 0.0725. The van der Waals surface area contributed by atoms with E-state index in [1.165, 1.54) is 24.3 Å². The van der Waals surface area contributed by atoms with E-state index in [9.17, 15) is 14.0 Å². The van der Waals surface area contributed by atoms with Crippen LogP contribution < -0.4 is 10.1 Å². The number of fused-ring (bicyclic) bond motifs is 1. The molecule has 1 heterocycles. The van der Waals surface area contributed by atoms with Crippen LogP contribution in [-0.4, -0.2) is 18.3 Å². The van der Waals surface area contributed by atoms with E-state index in [1.807, 2.05) is 0 Å². The Morgan fingerprint density at radius 2 is 1.92 bits per heavy atom. The average Bonchev–Trinajstić information content (AvgIpc) is 2.61. The fourth-order valence-electron chi connectivity index (χ4n) is 2.79. The van der Waals surface area contributed by atoms with E-state index < -0.39 is 5.82 Å². The van der Waals surface area contributed by atoms with Crippen molar-refractivity contribution in [1.82, 2.24) is 5.32 Å². The Morgan fingerprint density at radius 3 is 2.68 bits per heavy atom. The summed E-state index contributed by atoms with van der Waals surface area (Å²) in [6, 6.07) is 10.4. The van der Waals surface area contributed by atoms with Crippen LogP contribution in [0.3, 0.4) is 0 Å². The number of Topliss-reactive ketones (excluding diaryl/α,β-unsaturated/α-hetero) is 1. The highest BCUT2D eigenvalue weighted by atomic mass is 35.5. The molecule has 0 bridgehead atoms. The number of benzene rings is 2. The minimum Gasteiger partial charge on any atom is -0.493 e. The van der Waals surface area contributed by atoms with Gasteiger partial charge in [0.15, 0.2) is 5.78 Å². The average molecular weight is 362 g/mol. The number of ketones is 1. The Balaban J connectivity index is 1.58. The number of ether oxygens (including phenoxy) is 1. The molecular formula is C19H17ClFNO3. The van der Waals surface area contributed by atoms with Gasteiger partial charge in [-0.1, -0.05) is 11.6 Å². The van der Waals surface area contributed by atoms with Crippen LogP contribution in [0.1, 0.15) is 41.2 Å². The summed E-state index contributed by atoms with van der Waals surface area (Å²) in [4.78, 5) is 24.3. The number of rotatable bonds is 5. The molecule has 0 saturated heterocycles. The van der Waals surface area contributed by atoms with Gasteiger partial charge in [0.2, 0.25) is 5.91 Å². The lowest BCUT2D eigenvalue weighted by Crippen LogP contribution is -2.32. The van der Waals surface area contributed by atoms with Crippen LogP contribution in [-0.2, 0) is 4.79 Å². The molecule has 0 radical (unpaired) electrons. The summed E-state index contributed by atoms with van der Waals surface area (Å²) in [6.07, 6.45) is 0.789. The van der Waals surface area contributed by atoms with Gasteiger partial charge in [-0.3, -0.25) is 9.59 Å². The summed E-state index contributed by atoms with van der Waals surface area (Å²) >= 11 is 6.02. The Bertz CT molecular complexity index is 792. The second-order valence-corrected chi connectivity index (χ2v) is 6.31. The van der Waals surface area contributed by atoms with Crippen molar-refractivity contribution in [1.29, 1.82) is 0 Å². The minimum atomic E-state index is -0.397.